The van der Waals surface area contributed by atoms with Crippen LogP contribution in [0.4, 0.5) is 0 Å². The molecule has 138 valence electrons. The summed E-state index contributed by atoms with van der Waals surface area (Å²) in [4.78, 5) is 15.5. The molecule has 6 nitrogen and oxygen atoms in total. The van der Waals surface area contributed by atoms with Gasteiger partial charge in [-0.3, -0.25) is 9.48 Å². The molecule has 2 aliphatic rings. The summed E-state index contributed by atoms with van der Waals surface area (Å²) in [6, 6.07) is 6.24. The quantitative estimate of drug-likeness (QED) is 0.744. The second-order valence-corrected chi connectivity index (χ2v) is 7.31. The average molecular weight is 355 g/mol. The highest BCUT2D eigenvalue weighted by Crippen LogP contribution is 2.39. The van der Waals surface area contributed by atoms with Gasteiger partial charge in [0, 0.05) is 29.4 Å². The maximum atomic E-state index is 11.3. The number of hydrogen-bond acceptors (Lipinski definition) is 5. The van der Waals surface area contributed by atoms with Crippen LogP contribution in [0.15, 0.2) is 24.4 Å². The minimum atomic E-state index is 0.367. The fourth-order valence-electron chi connectivity index (χ4n) is 4.05. The van der Waals surface area contributed by atoms with Crippen molar-refractivity contribution in [1.29, 1.82) is 0 Å². The maximum Gasteiger partial charge on any atom is 0.172 e. The molecule has 0 aromatic carbocycles. The predicted octanol–water partition coefficient (Wildman–Crippen LogP) is 3.32. The monoisotopic (exact) mass is 355 g/mol. The van der Waals surface area contributed by atoms with Crippen LogP contribution in [0.3, 0.4) is 0 Å². The number of aldehydes is 1. The molecule has 0 radical (unpaired) electrons. The molecule has 0 amide bonds. The van der Waals surface area contributed by atoms with Crippen molar-refractivity contribution in [1.82, 2.24) is 14.8 Å². The van der Waals surface area contributed by atoms with E-state index in [2.05, 4.69) is 20.8 Å². The smallest absolute Gasteiger partial charge is 0.172 e. The molecule has 2 aromatic rings. The lowest BCUT2D eigenvalue weighted by molar-refractivity contribution is -0.0310. The summed E-state index contributed by atoms with van der Waals surface area (Å²) < 4.78 is 13.5. The van der Waals surface area contributed by atoms with Gasteiger partial charge in [-0.25, -0.2) is 4.98 Å². The lowest BCUT2D eigenvalue weighted by atomic mass is 9.77. The summed E-state index contributed by atoms with van der Waals surface area (Å²) in [6.07, 6.45) is 7.41. The summed E-state index contributed by atoms with van der Waals surface area (Å²) in [6.45, 7) is 3.97. The number of aromatic nitrogens is 3. The van der Waals surface area contributed by atoms with Crippen LogP contribution in [0.25, 0.3) is 0 Å². The van der Waals surface area contributed by atoms with E-state index >= 15 is 0 Å². The Kier molecular flexibility index (Phi) is 5.02. The highest BCUT2D eigenvalue weighted by atomic mass is 16.5. The molecule has 3 heterocycles. The first-order valence-corrected chi connectivity index (χ1v) is 9.43. The number of ether oxygens (including phenoxy) is 2. The third kappa shape index (κ3) is 3.38. The highest BCUT2D eigenvalue weighted by Gasteiger charge is 2.32. The number of carbonyl (C=O) groups excluding carboxylic acids is 1. The van der Waals surface area contributed by atoms with Gasteiger partial charge in [0.05, 0.1) is 25.9 Å². The first-order chi connectivity index (χ1) is 12.8. The number of carbonyl (C=O) groups is 1. The molecule has 6 heteroatoms. The number of nitrogens with zero attached hydrogens (tertiary/aromatic N) is 3. The molecular formula is C20H25N3O3. The molecule has 1 saturated heterocycles. The number of hydrogen-bond donors (Lipinski definition) is 0. The van der Waals surface area contributed by atoms with Crippen molar-refractivity contribution in [2.75, 3.05) is 19.8 Å². The Morgan fingerprint density at radius 2 is 2.12 bits per heavy atom. The van der Waals surface area contributed by atoms with Gasteiger partial charge < -0.3 is 9.47 Å². The first-order valence-electron chi connectivity index (χ1n) is 9.43. The minimum absolute atomic E-state index is 0.367. The summed E-state index contributed by atoms with van der Waals surface area (Å²) in [5.41, 5.74) is 2.50. The molecule has 26 heavy (non-hydrogen) atoms. The van der Waals surface area contributed by atoms with E-state index in [1.165, 1.54) is 18.5 Å². The Hall–Kier alpha value is -2.21. The molecule has 1 saturated carbocycles. The Morgan fingerprint density at radius 3 is 2.88 bits per heavy atom. The van der Waals surface area contributed by atoms with Crippen LogP contribution in [0.5, 0.6) is 5.75 Å². The Balaban J connectivity index is 1.50. The van der Waals surface area contributed by atoms with Gasteiger partial charge in [0.25, 0.3) is 0 Å². The molecule has 2 atom stereocenters. The van der Waals surface area contributed by atoms with Crippen molar-refractivity contribution in [2.45, 2.75) is 44.6 Å². The fourth-order valence-corrected chi connectivity index (χ4v) is 4.05. The van der Waals surface area contributed by atoms with Crippen molar-refractivity contribution in [3.8, 4) is 5.75 Å². The van der Waals surface area contributed by atoms with Gasteiger partial charge in [0.1, 0.15) is 11.4 Å². The van der Waals surface area contributed by atoms with Crippen LogP contribution in [0.1, 0.15) is 59.5 Å². The Labute approximate surface area is 153 Å². The van der Waals surface area contributed by atoms with Gasteiger partial charge >= 0.3 is 0 Å². The van der Waals surface area contributed by atoms with Crippen molar-refractivity contribution < 1.29 is 14.3 Å². The predicted molar refractivity (Wildman–Crippen MR) is 96.6 cm³/mol. The lowest BCUT2D eigenvalue weighted by Gasteiger charge is -2.35. The van der Waals surface area contributed by atoms with Crippen LogP contribution >= 0.6 is 0 Å². The van der Waals surface area contributed by atoms with E-state index in [1.807, 2.05) is 25.3 Å². The normalized spacial score (nSPS) is 23.4. The van der Waals surface area contributed by atoms with Gasteiger partial charge in [-0.05, 0) is 38.0 Å². The van der Waals surface area contributed by atoms with Gasteiger partial charge in [0.2, 0.25) is 0 Å². The van der Waals surface area contributed by atoms with Crippen molar-refractivity contribution in [3.05, 3.63) is 41.5 Å². The van der Waals surface area contributed by atoms with Crippen LogP contribution < -0.4 is 4.74 Å². The molecule has 2 aromatic heterocycles. The zero-order valence-electron chi connectivity index (χ0n) is 15.1. The molecule has 0 bridgehead atoms. The standard InChI is InChI=1S/C20H25N3O3/c1-14-6-7-20(18(10-24)22-14)26-11-15-4-2-3-5-17(15)19-8-9-21-23(19)16-12-25-13-16/h6-10,15-17H,2-5,11-13H2,1H3. The SMILES string of the molecule is Cc1ccc(OCC2CCCCC2c2ccnn2C2COC2)c(C=O)n1. The highest BCUT2D eigenvalue weighted by molar-refractivity contribution is 5.76. The van der Waals surface area contributed by atoms with Gasteiger partial charge in [0.15, 0.2) is 6.29 Å². The fraction of sp³-hybridized carbons (Fsp3) is 0.550. The van der Waals surface area contributed by atoms with Gasteiger partial charge in [-0.1, -0.05) is 12.8 Å². The van der Waals surface area contributed by atoms with E-state index in [0.717, 1.165) is 38.0 Å². The molecule has 1 aliphatic carbocycles. The average Bonchev–Trinajstić information content (AvgIpc) is 3.08. The van der Waals surface area contributed by atoms with Crippen molar-refractivity contribution in [2.24, 2.45) is 5.92 Å². The summed E-state index contributed by atoms with van der Waals surface area (Å²) in [5.74, 6) is 1.43. The molecule has 0 N–H and O–H groups in total. The summed E-state index contributed by atoms with van der Waals surface area (Å²) in [5, 5.41) is 4.54. The largest absolute Gasteiger partial charge is 0.491 e. The van der Waals surface area contributed by atoms with E-state index < -0.39 is 0 Å². The second kappa shape index (κ2) is 7.58. The zero-order valence-corrected chi connectivity index (χ0v) is 15.1. The molecule has 4 rings (SSSR count). The minimum Gasteiger partial charge on any atom is -0.491 e. The maximum absolute atomic E-state index is 11.3. The molecule has 0 spiro atoms. The van der Waals surface area contributed by atoms with Gasteiger partial charge in [-0.15, -0.1) is 0 Å². The number of aryl methyl sites for hydroxylation is 1. The lowest BCUT2D eigenvalue weighted by Crippen LogP contribution is -2.34. The third-order valence-electron chi connectivity index (χ3n) is 5.55. The van der Waals surface area contributed by atoms with Crippen LogP contribution in [0.2, 0.25) is 0 Å². The van der Waals surface area contributed by atoms with E-state index in [-0.39, 0.29) is 0 Å². The molecule has 2 unspecified atom stereocenters. The van der Waals surface area contributed by atoms with E-state index in [4.69, 9.17) is 9.47 Å². The van der Waals surface area contributed by atoms with Crippen molar-refractivity contribution >= 4 is 6.29 Å². The Bertz CT molecular complexity index is 769. The topological polar surface area (TPSA) is 66.2 Å². The molecule has 2 fully saturated rings. The van der Waals surface area contributed by atoms with E-state index in [0.29, 0.717) is 35.9 Å². The summed E-state index contributed by atoms with van der Waals surface area (Å²) in [7, 11) is 0. The number of rotatable bonds is 6. The first kappa shape index (κ1) is 17.2. The molecular weight excluding hydrogens is 330 g/mol. The van der Waals surface area contributed by atoms with E-state index in [1.54, 1.807) is 0 Å². The van der Waals surface area contributed by atoms with Gasteiger partial charge in [-0.2, -0.15) is 5.10 Å². The van der Waals surface area contributed by atoms with Crippen LogP contribution in [-0.4, -0.2) is 40.9 Å². The molecule has 1 aliphatic heterocycles. The van der Waals surface area contributed by atoms with Crippen LogP contribution in [0, 0.1) is 12.8 Å². The third-order valence-corrected chi connectivity index (χ3v) is 5.55. The Morgan fingerprint density at radius 1 is 1.27 bits per heavy atom. The number of pyridine rings is 1. The van der Waals surface area contributed by atoms with Crippen LogP contribution in [-0.2, 0) is 4.74 Å². The zero-order chi connectivity index (χ0) is 17.9. The van der Waals surface area contributed by atoms with Crippen molar-refractivity contribution in [3.63, 3.8) is 0 Å². The van der Waals surface area contributed by atoms with E-state index in [9.17, 15) is 4.79 Å². The summed E-state index contributed by atoms with van der Waals surface area (Å²) >= 11 is 0. The second-order valence-electron chi connectivity index (χ2n) is 7.31.